The van der Waals surface area contributed by atoms with E-state index in [0.717, 1.165) is 6.42 Å². The maximum atomic E-state index is 11.8. The average molecular weight is 249 g/mol. The van der Waals surface area contributed by atoms with Gasteiger partial charge in [-0.25, -0.2) is 0 Å². The van der Waals surface area contributed by atoms with Crippen molar-refractivity contribution in [3.8, 4) is 5.75 Å². The number of rotatable bonds is 4. The zero-order chi connectivity index (χ0) is 13.2. The second-order valence-electron chi connectivity index (χ2n) is 4.64. The predicted molar refractivity (Wildman–Crippen MR) is 64.4 cm³/mol. The van der Waals surface area contributed by atoms with Gasteiger partial charge < -0.3 is 15.5 Å². The van der Waals surface area contributed by atoms with Gasteiger partial charge in [-0.15, -0.1) is 0 Å². The van der Waals surface area contributed by atoms with Crippen molar-refractivity contribution < 1.29 is 19.8 Å². The smallest absolute Gasteiger partial charge is 0.311 e. The summed E-state index contributed by atoms with van der Waals surface area (Å²) in [6, 6.07) is 6.19. The van der Waals surface area contributed by atoms with Gasteiger partial charge in [0.2, 0.25) is 0 Å². The maximum Gasteiger partial charge on any atom is 0.311 e. The average Bonchev–Trinajstić information content (AvgIpc) is 2.27. The molecule has 1 fully saturated rings. The molecular formula is C13H15NO4. The zero-order valence-corrected chi connectivity index (χ0v) is 9.85. The molecule has 1 amide bonds. The fraction of sp³-hybridized carbons (Fsp3) is 0.385. The van der Waals surface area contributed by atoms with Crippen LogP contribution in [0.2, 0.25) is 0 Å². The van der Waals surface area contributed by atoms with Crippen LogP contribution in [0.25, 0.3) is 0 Å². The van der Waals surface area contributed by atoms with Crippen LogP contribution in [0.15, 0.2) is 24.3 Å². The second-order valence-corrected chi connectivity index (χ2v) is 4.64. The fourth-order valence-electron chi connectivity index (χ4n) is 2.08. The van der Waals surface area contributed by atoms with Crippen LogP contribution in [0, 0.1) is 5.41 Å². The molecule has 0 heterocycles. The summed E-state index contributed by atoms with van der Waals surface area (Å²) < 4.78 is 0. The summed E-state index contributed by atoms with van der Waals surface area (Å²) in [7, 11) is 0. The number of carboxylic acids is 1. The van der Waals surface area contributed by atoms with Crippen molar-refractivity contribution >= 4 is 11.9 Å². The van der Waals surface area contributed by atoms with Crippen LogP contribution < -0.4 is 5.32 Å². The first-order valence-corrected chi connectivity index (χ1v) is 5.85. The van der Waals surface area contributed by atoms with Gasteiger partial charge in [0.05, 0.1) is 11.0 Å². The highest BCUT2D eigenvalue weighted by Gasteiger charge is 2.44. The Kier molecular flexibility index (Phi) is 3.23. The third kappa shape index (κ3) is 2.16. The summed E-state index contributed by atoms with van der Waals surface area (Å²) in [5.74, 6) is -1.42. The number of para-hydroxylation sites is 1. The predicted octanol–water partition coefficient (Wildman–Crippen LogP) is 1.38. The molecule has 1 aromatic carbocycles. The van der Waals surface area contributed by atoms with E-state index in [4.69, 9.17) is 5.11 Å². The topological polar surface area (TPSA) is 86.6 Å². The number of aliphatic carboxylic acids is 1. The Labute approximate surface area is 104 Å². The van der Waals surface area contributed by atoms with Crippen LogP contribution in [0.4, 0.5) is 0 Å². The highest BCUT2D eigenvalue weighted by molar-refractivity contribution is 5.97. The molecule has 0 spiro atoms. The molecule has 1 aliphatic carbocycles. The second kappa shape index (κ2) is 4.68. The van der Waals surface area contributed by atoms with Crippen LogP contribution in [0.1, 0.15) is 29.6 Å². The first-order valence-electron chi connectivity index (χ1n) is 5.85. The molecule has 5 nitrogen and oxygen atoms in total. The Morgan fingerprint density at radius 2 is 1.94 bits per heavy atom. The van der Waals surface area contributed by atoms with Crippen molar-refractivity contribution in [1.29, 1.82) is 0 Å². The number of hydrogen-bond donors (Lipinski definition) is 3. The van der Waals surface area contributed by atoms with Gasteiger partial charge in [0.1, 0.15) is 5.75 Å². The third-order valence-electron chi connectivity index (χ3n) is 3.50. The Morgan fingerprint density at radius 1 is 1.28 bits per heavy atom. The number of carbonyl (C=O) groups excluding carboxylic acids is 1. The van der Waals surface area contributed by atoms with Gasteiger partial charge in [0.25, 0.3) is 5.91 Å². The quantitative estimate of drug-likeness (QED) is 0.752. The molecular weight excluding hydrogens is 234 g/mol. The standard InChI is InChI=1S/C13H15NO4/c15-10-5-2-1-4-9(10)11(16)14-8-13(12(17)18)6-3-7-13/h1-2,4-5,15H,3,6-8H2,(H,14,16)(H,17,18). The van der Waals surface area contributed by atoms with E-state index >= 15 is 0 Å². The molecule has 0 unspecified atom stereocenters. The van der Waals surface area contributed by atoms with Crippen molar-refractivity contribution in [2.45, 2.75) is 19.3 Å². The lowest BCUT2D eigenvalue weighted by atomic mass is 9.69. The Bertz CT molecular complexity index is 480. The molecule has 0 bridgehead atoms. The monoisotopic (exact) mass is 249 g/mol. The Hall–Kier alpha value is -2.04. The summed E-state index contributed by atoms with van der Waals surface area (Å²) in [6.07, 6.45) is 2.05. The van der Waals surface area contributed by atoms with Gasteiger partial charge in [0, 0.05) is 6.54 Å². The van der Waals surface area contributed by atoms with Crippen molar-refractivity contribution in [3.05, 3.63) is 29.8 Å². The number of aromatic hydroxyl groups is 1. The van der Waals surface area contributed by atoms with Crippen molar-refractivity contribution in [2.75, 3.05) is 6.54 Å². The normalized spacial score (nSPS) is 16.7. The van der Waals surface area contributed by atoms with Gasteiger partial charge in [-0.05, 0) is 25.0 Å². The lowest BCUT2D eigenvalue weighted by molar-refractivity contribution is -0.153. The van der Waals surface area contributed by atoms with Crippen molar-refractivity contribution in [1.82, 2.24) is 5.32 Å². The van der Waals surface area contributed by atoms with Crippen LogP contribution >= 0.6 is 0 Å². The van der Waals surface area contributed by atoms with E-state index in [9.17, 15) is 14.7 Å². The van der Waals surface area contributed by atoms with E-state index in [1.54, 1.807) is 12.1 Å². The van der Waals surface area contributed by atoms with Gasteiger partial charge in [-0.3, -0.25) is 9.59 Å². The van der Waals surface area contributed by atoms with Crippen LogP contribution in [-0.4, -0.2) is 28.6 Å². The lowest BCUT2D eigenvalue weighted by Crippen LogP contribution is -2.47. The van der Waals surface area contributed by atoms with Gasteiger partial charge in [0.15, 0.2) is 0 Å². The van der Waals surface area contributed by atoms with Crippen LogP contribution in [0.3, 0.4) is 0 Å². The first kappa shape index (κ1) is 12.4. The SMILES string of the molecule is O=C(NCC1(C(=O)O)CCC1)c1ccccc1O. The number of hydrogen-bond acceptors (Lipinski definition) is 3. The maximum absolute atomic E-state index is 11.8. The molecule has 1 saturated carbocycles. The number of carboxylic acid groups (broad SMARTS) is 1. The minimum absolute atomic E-state index is 0.104. The summed E-state index contributed by atoms with van der Waals surface area (Å²) in [5, 5.41) is 21.2. The summed E-state index contributed by atoms with van der Waals surface area (Å²) in [4.78, 5) is 22.9. The molecule has 1 aliphatic rings. The van der Waals surface area contributed by atoms with Crippen LogP contribution in [-0.2, 0) is 4.79 Å². The molecule has 3 N–H and O–H groups in total. The van der Waals surface area contributed by atoms with Gasteiger partial charge in [-0.1, -0.05) is 18.6 Å². The number of carbonyl (C=O) groups is 2. The zero-order valence-electron chi connectivity index (χ0n) is 9.85. The Balaban J connectivity index is 2.01. The van der Waals surface area contributed by atoms with Gasteiger partial charge in [-0.2, -0.15) is 0 Å². The molecule has 1 aromatic rings. The molecule has 0 atom stereocenters. The van der Waals surface area contributed by atoms with Crippen molar-refractivity contribution in [3.63, 3.8) is 0 Å². The molecule has 5 heteroatoms. The molecule has 0 aromatic heterocycles. The Morgan fingerprint density at radius 3 is 2.44 bits per heavy atom. The minimum Gasteiger partial charge on any atom is -0.507 e. The number of phenols is 1. The highest BCUT2D eigenvalue weighted by Crippen LogP contribution is 2.40. The van der Waals surface area contributed by atoms with Crippen LogP contribution in [0.5, 0.6) is 5.75 Å². The van der Waals surface area contributed by atoms with Gasteiger partial charge >= 0.3 is 5.97 Å². The third-order valence-corrected chi connectivity index (χ3v) is 3.50. The molecule has 2 rings (SSSR count). The van der Waals surface area contributed by atoms with E-state index < -0.39 is 17.3 Å². The number of nitrogens with one attached hydrogen (secondary N) is 1. The first-order chi connectivity index (χ1) is 8.55. The largest absolute Gasteiger partial charge is 0.507 e. The summed E-state index contributed by atoms with van der Waals surface area (Å²) in [5.41, 5.74) is -0.655. The van der Waals surface area contributed by atoms with E-state index in [0.29, 0.717) is 12.8 Å². The van der Waals surface area contributed by atoms with E-state index in [1.807, 2.05) is 0 Å². The van der Waals surface area contributed by atoms with Crippen molar-refractivity contribution in [2.24, 2.45) is 5.41 Å². The lowest BCUT2D eigenvalue weighted by Gasteiger charge is -2.37. The molecule has 0 radical (unpaired) electrons. The molecule has 96 valence electrons. The summed E-state index contributed by atoms with van der Waals surface area (Å²) in [6.45, 7) is 0.107. The van der Waals surface area contributed by atoms with E-state index in [-0.39, 0.29) is 17.9 Å². The molecule has 18 heavy (non-hydrogen) atoms. The number of benzene rings is 1. The fourth-order valence-corrected chi connectivity index (χ4v) is 2.08. The minimum atomic E-state index is -0.869. The van der Waals surface area contributed by atoms with E-state index in [1.165, 1.54) is 12.1 Å². The molecule has 0 aliphatic heterocycles. The number of amides is 1. The number of phenolic OH excluding ortho intramolecular Hbond substituents is 1. The summed E-state index contributed by atoms with van der Waals surface area (Å²) >= 11 is 0. The highest BCUT2D eigenvalue weighted by atomic mass is 16.4. The molecule has 0 saturated heterocycles. The van der Waals surface area contributed by atoms with E-state index in [2.05, 4.69) is 5.32 Å².